The molecule has 0 bridgehead atoms. The van der Waals surface area contributed by atoms with Crippen molar-refractivity contribution in [3.63, 3.8) is 0 Å². The molecule has 0 aromatic rings. The average molecular weight is 323 g/mol. The molecule has 2 aliphatic rings. The van der Waals surface area contributed by atoms with Crippen LogP contribution in [-0.2, 0) is 19.2 Å². The van der Waals surface area contributed by atoms with E-state index in [1.807, 2.05) is 0 Å². The highest BCUT2D eigenvalue weighted by Gasteiger charge is 2.46. The first-order chi connectivity index (χ1) is 10.8. The highest BCUT2D eigenvalue weighted by Crippen LogP contribution is 2.29. The summed E-state index contributed by atoms with van der Waals surface area (Å²) in [4.78, 5) is 61.4. The summed E-state index contributed by atoms with van der Waals surface area (Å²) in [6.07, 6.45) is 2.64. The third-order valence-electron chi connectivity index (χ3n) is 3.74. The Labute approximate surface area is 132 Å². The number of amides is 5. The summed E-state index contributed by atoms with van der Waals surface area (Å²) in [6, 6.07) is -2.17. The number of hydrogen-bond donors (Lipinski definition) is 1. The first kappa shape index (κ1) is 16.7. The number of carboxylic acids is 1. The van der Waals surface area contributed by atoms with Crippen LogP contribution in [0.5, 0.6) is 0 Å². The molecule has 23 heavy (non-hydrogen) atoms. The number of carboxylic acid groups (broad SMARTS) is 1. The van der Waals surface area contributed by atoms with Crippen LogP contribution >= 0.6 is 0 Å². The molecule has 0 radical (unpaired) electrons. The van der Waals surface area contributed by atoms with Gasteiger partial charge in [-0.05, 0) is 19.8 Å². The van der Waals surface area contributed by atoms with Gasteiger partial charge in [-0.2, -0.15) is 0 Å². The number of aliphatic carboxylic acids is 1. The minimum atomic E-state index is -1.17. The van der Waals surface area contributed by atoms with E-state index in [1.54, 1.807) is 0 Å². The van der Waals surface area contributed by atoms with Crippen molar-refractivity contribution in [3.8, 4) is 0 Å². The Morgan fingerprint density at radius 2 is 1.87 bits per heavy atom. The zero-order valence-corrected chi connectivity index (χ0v) is 12.6. The van der Waals surface area contributed by atoms with Crippen LogP contribution in [0, 0.1) is 0 Å². The minimum absolute atomic E-state index is 0.133. The molecule has 1 unspecified atom stereocenters. The zero-order chi connectivity index (χ0) is 17.3. The van der Waals surface area contributed by atoms with Crippen molar-refractivity contribution >= 4 is 29.7 Å². The Morgan fingerprint density at radius 3 is 2.35 bits per heavy atom. The summed E-state index contributed by atoms with van der Waals surface area (Å²) >= 11 is 0. The van der Waals surface area contributed by atoms with Crippen LogP contribution in [-0.4, -0.2) is 74.7 Å². The summed E-state index contributed by atoms with van der Waals surface area (Å²) in [6.45, 7) is 3.97. The number of urea groups is 1. The lowest BCUT2D eigenvalue weighted by molar-refractivity contribution is -0.151. The van der Waals surface area contributed by atoms with Gasteiger partial charge in [0.15, 0.2) is 0 Å². The van der Waals surface area contributed by atoms with E-state index in [0.29, 0.717) is 22.6 Å². The highest BCUT2D eigenvalue weighted by atomic mass is 16.4. The van der Waals surface area contributed by atoms with Gasteiger partial charge < -0.3 is 10.0 Å². The molecular formula is C14H17N3O6. The van der Waals surface area contributed by atoms with E-state index >= 15 is 0 Å². The van der Waals surface area contributed by atoms with E-state index in [9.17, 15) is 24.0 Å². The normalized spacial score (nSPS) is 19.1. The van der Waals surface area contributed by atoms with E-state index in [2.05, 4.69) is 6.58 Å². The van der Waals surface area contributed by atoms with Gasteiger partial charge in [0, 0.05) is 12.6 Å². The smallest absolute Gasteiger partial charge is 0.335 e. The third-order valence-corrected chi connectivity index (χ3v) is 3.74. The first-order valence-corrected chi connectivity index (χ1v) is 7.11. The van der Waals surface area contributed by atoms with Crippen molar-refractivity contribution in [1.82, 2.24) is 14.7 Å². The Kier molecular flexibility index (Phi) is 4.48. The van der Waals surface area contributed by atoms with Crippen LogP contribution in [0.1, 0.15) is 19.8 Å². The van der Waals surface area contributed by atoms with Crippen molar-refractivity contribution in [2.24, 2.45) is 0 Å². The Bertz CT molecular complexity index is 597. The summed E-state index contributed by atoms with van der Waals surface area (Å²) in [5.41, 5.74) is 0. The maximum absolute atomic E-state index is 12.4. The number of hydrogen-bond acceptors (Lipinski definition) is 5. The summed E-state index contributed by atoms with van der Waals surface area (Å²) in [5, 5.41) is 9.08. The molecule has 0 aromatic heterocycles. The third kappa shape index (κ3) is 3.08. The molecule has 2 rings (SSSR count). The lowest BCUT2D eigenvalue weighted by Gasteiger charge is -2.27. The van der Waals surface area contributed by atoms with Crippen LogP contribution < -0.4 is 0 Å². The Balaban J connectivity index is 2.13. The fraction of sp³-hybridized carbons (Fsp3) is 0.500. The van der Waals surface area contributed by atoms with Gasteiger partial charge in [0.05, 0.1) is 0 Å². The predicted octanol–water partition coefficient (Wildman–Crippen LogP) is -0.573. The lowest BCUT2D eigenvalue weighted by atomic mass is 10.2. The molecule has 5 amide bonds. The maximum atomic E-state index is 12.4. The molecule has 1 atom stereocenters. The van der Waals surface area contributed by atoms with E-state index in [0.717, 1.165) is 4.90 Å². The van der Waals surface area contributed by atoms with Gasteiger partial charge in [0.2, 0.25) is 5.91 Å². The molecule has 1 aliphatic carbocycles. The van der Waals surface area contributed by atoms with Crippen LogP contribution in [0.25, 0.3) is 0 Å². The molecule has 1 N–H and O–H groups in total. The van der Waals surface area contributed by atoms with Crippen molar-refractivity contribution in [1.29, 1.82) is 0 Å². The first-order valence-electron chi connectivity index (χ1n) is 7.11. The number of carbonyl (C=O) groups excluding carboxylic acids is 4. The second-order valence-electron chi connectivity index (χ2n) is 5.42. The van der Waals surface area contributed by atoms with Crippen molar-refractivity contribution < 1.29 is 29.1 Å². The molecule has 9 heteroatoms. The number of carbonyl (C=O) groups is 5. The average Bonchev–Trinajstić information content (AvgIpc) is 3.30. The quantitative estimate of drug-likeness (QED) is 0.381. The Morgan fingerprint density at radius 1 is 1.30 bits per heavy atom. The monoisotopic (exact) mass is 323 g/mol. The molecule has 0 aromatic carbocycles. The van der Waals surface area contributed by atoms with Gasteiger partial charge in [0.25, 0.3) is 0 Å². The van der Waals surface area contributed by atoms with Gasteiger partial charge in [-0.25, -0.2) is 14.5 Å². The molecule has 2 fully saturated rings. The summed E-state index contributed by atoms with van der Waals surface area (Å²) in [5.74, 6) is -3.96. The molecule has 0 spiro atoms. The molecule has 9 nitrogen and oxygen atoms in total. The van der Waals surface area contributed by atoms with Crippen LogP contribution in [0.15, 0.2) is 12.7 Å². The van der Waals surface area contributed by atoms with Crippen LogP contribution in [0.4, 0.5) is 4.79 Å². The second kappa shape index (κ2) is 6.19. The zero-order valence-electron chi connectivity index (χ0n) is 12.6. The van der Waals surface area contributed by atoms with E-state index in [4.69, 9.17) is 5.11 Å². The van der Waals surface area contributed by atoms with Gasteiger partial charge >= 0.3 is 23.8 Å². The van der Waals surface area contributed by atoms with Gasteiger partial charge in [-0.15, -0.1) is 6.58 Å². The fourth-order valence-electron chi connectivity index (χ4n) is 2.40. The molecule has 1 saturated heterocycles. The van der Waals surface area contributed by atoms with Gasteiger partial charge in [0.1, 0.15) is 12.6 Å². The number of imide groups is 2. The van der Waals surface area contributed by atoms with E-state index < -0.39 is 42.3 Å². The van der Waals surface area contributed by atoms with Crippen molar-refractivity contribution in [2.45, 2.75) is 31.8 Å². The lowest BCUT2D eigenvalue weighted by Crippen LogP contribution is -2.50. The predicted molar refractivity (Wildman–Crippen MR) is 76.0 cm³/mol. The second-order valence-corrected chi connectivity index (χ2v) is 5.42. The molecular weight excluding hydrogens is 306 g/mol. The SMILES string of the molecule is C=CCN1C(=O)C(=O)N(CC(=O)N(C2CC2)C(C)C(=O)O)C1=O. The highest BCUT2D eigenvalue weighted by molar-refractivity contribution is 6.45. The molecule has 1 saturated carbocycles. The Hall–Kier alpha value is -2.71. The fourth-order valence-corrected chi connectivity index (χ4v) is 2.40. The number of rotatable bonds is 7. The van der Waals surface area contributed by atoms with Gasteiger partial charge in [-0.1, -0.05) is 6.08 Å². The van der Waals surface area contributed by atoms with Crippen molar-refractivity contribution in [2.75, 3.05) is 13.1 Å². The van der Waals surface area contributed by atoms with Crippen molar-refractivity contribution in [3.05, 3.63) is 12.7 Å². The minimum Gasteiger partial charge on any atom is -0.480 e. The van der Waals surface area contributed by atoms with Gasteiger partial charge in [-0.3, -0.25) is 19.3 Å². The summed E-state index contributed by atoms with van der Waals surface area (Å²) in [7, 11) is 0. The number of nitrogens with zero attached hydrogens (tertiary/aromatic N) is 3. The molecule has 1 aliphatic heterocycles. The summed E-state index contributed by atoms with van der Waals surface area (Å²) < 4.78 is 0. The van der Waals surface area contributed by atoms with Crippen LogP contribution in [0.3, 0.4) is 0 Å². The van der Waals surface area contributed by atoms with Crippen LogP contribution in [0.2, 0.25) is 0 Å². The van der Waals surface area contributed by atoms with E-state index in [-0.39, 0.29) is 12.6 Å². The maximum Gasteiger partial charge on any atom is 0.335 e. The molecule has 124 valence electrons. The molecule has 1 heterocycles. The standard InChI is InChI=1S/C14H17N3O6/c1-3-6-15-11(19)12(20)16(14(15)23)7-10(18)17(9-4-5-9)8(2)13(21)22/h3,8-9H,1,4-7H2,2H3,(H,21,22). The van der Waals surface area contributed by atoms with E-state index in [1.165, 1.54) is 13.0 Å². The largest absolute Gasteiger partial charge is 0.480 e. The topological polar surface area (TPSA) is 115 Å².